The normalized spacial score (nSPS) is 41.7. The largest absolute Gasteiger partial charge is 0.374 e. The Morgan fingerprint density at radius 3 is 2.90 bits per heavy atom. The summed E-state index contributed by atoms with van der Waals surface area (Å²) in [5.74, 6) is 4.68. The molecule has 3 heterocycles. The van der Waals surface area contributed by atoms with Crippen LogP contribution in [0.25, 0.3) is 0 Å². The highest BCUT2D eigenvalue weighted by Crippen LogP contribution is 2.48. The maximum Gasteiger partial charge on any atom is 0.0783 e. The van der Waals surface area contributed by atoms with Gasteiger partial charge < -0.3 is 10.1 Å². The number of ether oxygens (including phenoxy) is 1. The summed E-state index contributed by atoms with van der Waals surface area (Å²) in [5.41, 5.74) is 0.222. The van der Waals surface area contributed by atoms with Gasteiger partial charge in [-0.15, -0.1) is 0 Å². The Bertz CT molecular complexity index is 338. The van der Waals surface area contributed by atoms with Gasteiger partial charge in [-0.1, -0.05) is 6.92 Å². The highest BCUT2D eigenvalue weighted by molar-refractivity contribution is 8.01. The van der Waals surface area contributed by atoms with Gasteiger partial charge in [0.05, 0.1) is 5.60 Å². The van der Waals surface area contributed by atoms with Gasteiger partial charge in [0.25, 0.3) is 0 Å². The third-order valence-electron chi connectivity index (χ3n) is 5.59. The fourth-order valence-corrected chi connectivity index (χ4v) is 7.32. The minimum absolute atomic E-state index is 0.222. The molecule has 1 spiro atoms. The lowest BCUT2D eigenvalue weighted by Crippen LogP contribution is -2.54. The van der Waals surface area contributed by atoms with Gasteiger partial charge in [0.2, 0.25) is 0 Å². The van der Waals surface area contributed by atoms with E-state index in [1.165, 1.54) is 62.3 Å². The SMILES string of the molecule is CCCNC(C1CCOC2(CCSC2)C1)C1(C)CCCS1. The van der Waals surface area contributed by atoms with Crippen LogP contribution in [-0.4, -0.2) is 46.8 Å². The summed E-state index contributed by atoms with van der Waals surface area (Å²) >= 11 is 4.31. The third kappa shape index (κ3) is 3.59. The second-order valence-corrected chi connectivity index (χ2v) is 10.0. The van der Waals surface area contributed by atoms with Gasteiger partial charge in [0.1, 0.15) is 0 Å². The maximum absolute atomic E-state index is 6.25. The first-order chi connectivity index (χ1) is 10.2. The Hall–Kier alpha value is 0.620. The molecule has 3 aliphatic heterocycles. The molecular weight excluding hydrogens is 298 g/mol. The summed E-state index contributed by atoms with van der Waals surface area (Å²) in [7, 11) is 0. The van der Waals surface area contributed by atoms with Crippen LogP contribution in [-0.2, 0) is 4.74 Å². The van der Waals surface area contributed by atoms with Crippen molar-refractivity contribution in [3.8, 4) is 0 Å². The van der Waals surface area contributed by atoms with Crippen LogP contribution in [0.1, 0.15) is 52.4 Å². The molecule has 3 fully saturated rings. The van der Waals surface area contributed by atoms with Gasteiger partial charge in [-0.05, 0) is 69.4 Å². The lowest BCUT2D eigenvalue weighted by molar-refractivity contribution is -0.0869. The van der Waals surface area contributed by atoms with E-state index in [2.05, 4.69) is 42.7 Å². The van der Waals surface area contributed by atoms with Gasteiger partial charge in [-0.2, -0.15) is 23.5 Å². The standard InChI is InChI=1S/C17H31NOS2/c1-3-8-18-15(16(2)6-4-10-21-16)14-5-9-19-17(12-14)7-11-20-13-17/h14-15,18H,3-13H2,1-2H3. The van der Waals surface area contributed by atoms with Crippen LogP contribution >= 0.6 is 23.5 Å². The van der Waals surface area contributed by atoms with Crippen molar-refractivity contribution in [1.82, 2.24) is 5.32 Å². The molecule has 4 heteroatoms. The molecule has 4 atom stereocenters. The second-order valence-electron chi connectivity index (χ2n) is 7.28. The predicted molar refractivity (Wildman–Crippen MR) is 95.5 cm³/mol. The van der Waals surface area contributed by atoms with Crippen LogP contribution in [0.15, 0.2) is 0 Å². The van der Waals surface area contributed by atoms with Crippen LogP contribution in [0.4, 0.5) is 0 Å². The predicted octanol–water partition coefficient (Wildman–Crippen LogP) is 3.94. The highest BCUT2D eigenvalue weighted by Gasteiger charge is 2.47. The Morgan fingerprint density at radius 2 is 2.24 bits per heavy atom. The number of nitrogens with one attached hydrogen (secondary N) is 1. The van der Waals surface area contributed by atoms with E-state index in [0.717, 1.165) is 12.5 Å². The number of rotatable bonds is 5. The summed E-state index contributed by atoms with van der Waals surface area (Å²) < 4.78 is 6.70. The Balaban J connectivity index is 1.72. The quantitative estimate of drug-likeness (QED) is 0.824. The molecule has 0 aliphatic carbocycles. The molecule has 3 aliphatic rings. The molecule has 3 saturated heterocycles. The second kappa shape index (κ2) is 7.02. The van der Waals surface area contributed by atoms with Crippen LogP contribution in [0.3, 0.4) is 0 Å². The van der Waals surface area contributed by atoms with Crippen LogP contribution < -0.4 is 5.32 Å². The van der Waals surface area contributed by atoms with Crippen molar-refractivity contribution in [3.63, 3.8) is 0 Å². The molecule has 1 N–H and O–H groups in total. The minimum Gasteiger partial charge on any atom is -0.374 e. The van der Waals surface area contributed by atoms with E-state index >= 15 is 0 Å². The number of thioether (sulfide) groups is 2. The summed E-state index contributed by atoms with van der Waals surface area (Å²) in [5, 5.41) is 3.94. The first-order valence-electron chi connectivity index (χ1n) is 8.77. The van der Waals surface area contributed by atoms with E-state index in [1.807, 2.05) is 0 Å². The maximum atomic E-state index is 6.25. The van der Waals surface area contributed by atoms with Crippen LogP contribution in [0.5, 0.6) is 0 Å². The van der Waals surface area contributed by atoms with Gasteiger partial charge >= 0.3 is 0 Å². The summed E-state index contributed by atoms with van der Waals surface area (Å²) in [6, 6.07) is 0.677. The molecule has 0 saturated carbocycles. The van der Waals surface area contributed by atoms with Crippen molar-refractivity contribution >= 4 is 23.5 Å². The number of hydrogen-bond donors (Lipinski definition) is 1. The molecule has 0 aromatic heterocycles. The van der Waals surface area contributed by atoms with E-state index < -0.39 is 0 Å². The third-order valence-corrected chi connectivity index (χ3v) is 8.42. The smallest absolute Gasteiger partial charge is 0.0783 e. The minimum atomic E-state index is 0.222. The Kier molecular flexibility index (Phi) is 5.51. The highest BCUT2D eigenvalue weighted by atomic mass is 32.2. The topological polar surface area (TPSA) is 21.3 Å². The zero-order chi connectivity index (χ0) is 14.8. The first-order valence-corrected chi connectivity index (χ1v) is 10.9. The lowest BCUT2D eigenvalue weighted by atomic mass is 9.76. The Morgan fingerprint density at radius 1 is 1.33 bits per heavy atom. The van der Waals surface area contributed by atoms with Crippen molar-refractivity contribution < 1.29 is 4.74 Å². The first kappa shape index (κ1) is 16.5. The van der Waals surface area contributed by atoms with Gasteiger partial charge in [-0.3, -0.25) is 0 Å². The molecule has 21 heavy (non-hydrogen) atoms. The van der Waals surface area contributed by atoms with E-state index in [9.17, 15) is 0 Å². The average molecular weight is 330 g/mol. The van der Waals surface area contributed by atoms with E-state index in [4.69, 9.17) is 4.74 Å². The Labute approximate surface area is 138 Å². The summed E-state index contributed by atoms with van der Waals surface area (Å²) in [6.07, 6.45) is 7.84. The summed E-state index contributed by atoms with van der Waals surface area (Å²) in [6.45, 7) is 6.95. The molecule has 0 amide bonds. The molecule has 0 aromatic rings. The van der Waals surface area contributed by atoms with E-state index in [1.54, 1.807) is 0 Å². The molecule has 0 bridgehead atoms. The fraction of sp³-hybridized carbons (Fsp3) is 1.00. The van der Waals surface area contributed by atoms with Crippen LogP contribution in [0.2, 0.25) is 0 Å². The monoisotopic (exact) mass is 329 g/mol. The van der Waals surface area contributed by atoms with E-state index in [0.29, 0.717) is 10.8 Å². The lowest BCUT2D eigenvalue weighted by Gasteiger charge is -2.46. The van der Waals surface area contributed by atoms with Crippen LogP contribution in [0, 0.1) is 5.92 Å². The van der Waals surface area contributed by atoms with Crippen molar-refractivity contribution in [2.24, 2.45) is 5.92 Å². The average Bonchev–Trinajstić information content (AvgIpc) is 3.10. The molecule has 0 aromatic carbocycles. The molecule has 3 rings (SSSR count). The van der Waals surface area contributed by atoms with Gasteiger partial charge in [0, 0.05) is 23.1 Å². The van der Waals surface area contributed by atoms with Gasteiger partial charge in [-0.25, -0.2) is 0 Å². The fourth-order valence-electron chi connectivity index (χ4n) is 4.44. The molecule has 0 radical (unpaired) electrons. The van der Waals surface area contributed by atoms with Crippen molar-refractivity contribution in [3.05, 3.63) is 0 Å². The zero-order valence-corrected chi connectivity index (χ0v) is 15.3. The summed E-state index contributed by atoms with van der Waals surface area (Å²) in [4.78, 5) is 0. The molecule has 122 valence electrons. The molecule has 2 nitrogen and oxygen atoms in total. The van der Waals surface area contributed by atoms with E-state index in [-0.39, 0.29) is 5.60 Å². The van der Waals surface area contributed by atoms with Gasteiger partial charge in [0.15, 0.2) is 0 Å². The van der Waals surface area contributed by atoms with Crippen molar-refractivity contribution in [2.75, 3.05) is 30.4 Å². The molecular formula is C17H31NOS2. The molecule has 4 unspecified atom stereocenters. The van der Waals surface area contributed by atoms with Crippen molar-refractivity contribution in [2.45, 2.75) is 68.8 Å². The van der Waals surface area contributed by atoms with Crippen molar-refractivity contribution in [1.29, 1.82) is 0 Å². The zero-order valence-electron chi connectivity index (χ0n) is 13.7. The number of hydrogen-bond acceptors (Lipinski definition) is 4.